The molecule has 20 heavy (non-hydrogen) atoms. The number of anilines is 1. The molecule has 0 aliphatic rings. The number of thioether (sulfide) groups is 1. The lowest BCUT2D eigenvalue weighted by Crippen LogP contribution is -2.04. The first-order valence-corrected chi connectivity index (χ1v) is 6.84. The molecule has 1 heterocycles. The fraction of sp³-hybridized carbons (Fsp3) is 0.167. The smallest absolute Gasteiger partial charge is 0.352 e. The predicted octanol–water partition coefficient (Wildman–Crippen LogP) is 2.79. The van der Waals surface area contributed by atoms with E-state index in [1.54, 1.807) is 23.9 Å². The highest BCUT2D eigenvalue weighted by Crippen LogP contribution is 2.32. The van der Waals surface area contributed by atoms with E-state index >= 15 is 0 Å². The fourth-order valence-electron chi connectivity index (χ4n) is 1.60. The number of nitrogens with two attached hydrogens (primary N) is 1. The summed E-state index contributed by atoms with van der Waals surface area (Å²) in [5.74, 6) is 0.226. The monoisotopic (exact) mass is 292 g/mol. The molecule has 0 aliphatic carbocycles. The molecule has 0 bridgehead atoms. The third-order valence-corrected chi connectivity index (χ3v) is 3.24. The van der Waals surface area contributed by atoms with Crippen LogP contribution in [0.3, 0.4) is 0 Å². The molecule has 0 saturated carbocycles. The Morgan fingerprint density at radius 3 is 2.50 bits per heavy atom. The van der Waals surface area contributed by atoms with Crippen molar-refractivity contribution < 1.29 is 9.66 Å². The van der Waals surface area contributed by atoms with Gasteiger partial charge >= 0.3 is 11.6 Å². The third kappa shape index (κ3) is 2.97. The molecule has 2 aromatic rings. The number of ether oxygens (including phenoxy) is 1. The van der Waals surface area contributed by atoms with Gasteiger partial charge in [0, 0.05) is 4.90 Å². The Balaban J connectivity index is 2.39. The number of aromatic nitrogens is 2. The van der Waals surface area contributed by atoms with Crippen LogP contribution in [0.1, 0.15) is 5.69 Å². The molecule has 0 radical (unpaired) electrons. The van der Waals surface area contributed by atoms with Gasteiger partial charge in [-0.3, -0.25) is 10.1 Å². The molecular weight excluding hydrogens is 280 g/mol. The van der Waals surface area contributed by atoms with Crippen molar-refractivity contribution in [3.05, 3.63) is 40.1 Å². The largest absolute Gasteiger partial charge is 0.434 e. The van der Waals surface area contributed by atoms with Crippen molar-refractivity contribution in [2.24, 2.45) is 0 Å². The Morgan fingerprint density at radius 2 is 1.95 bits per heavy atom. The van der Waals surface area contributed by atoms with E-state index in [-0.39, 0.29) is 23.2 Å². The van der Waals surface area contributed by atoms with Gasteiger partial charge in [-0.1, -0.05) is 0 Å². The van der Waals surface area contributed by atoms with Crippen LogP contribution in [0.25, 0.3) is 0 Å². The predicted molar refractivity (Wildman–Crippen MR) is 76.1 cm³/mol. The van der Waals surface area contributed by atoms with E-state index in [4.69, 9.17) is 10.5 Å². The summed E-state index contributed by atoms with van der Waals surface area (Å²) in [7, 11) is 0. The Kier molecular flexibility index (Phi) is 4.04. The Hall–Kier alpha value is -2.35. The topological polar surface area (TPSA) is 104 Å². The Labute approximate surface area is 119 Å². The maximum Gasteiger partial charge on any atom is 0.352 e. The van der Waals surface area contributed by atoms with E-state index in [2.05, 4.69) is 9.97 Å². The Morgan fingerprint density at radius 1 is 1.30 bits per heavy atom. The molecule has 0 aliphatic heterocycles. The minimum atomic E-state index is -0.583. The first-order valence-electron chi connectivity index (χ1n) is 5.61. The molecule has 1 aromatic heterocycles. The zero-order valence-electron chi connectivity index (χ0n) is 10.9. The normalized spacial score (nSPS) is 10.3. The lowest BCUT2D eigenvalue weighted by molar-refractivity contribution is -0.386. The van der Waals surface area contributed by atoms with Gasteiger partial charge in [-0.15, -0.1) is 11.8 Å². The standard InChI is InChI=1S/C12H12N4O3S/c1-7-10(16(17)18)11(15-12(13)14-7)19-8-3-5-9(20-2)6-4-8/h3-6H,1-2H3,(H2,13,14,15). The lowest BCUT2D eigenvalue weighted by Gasteiger charge is -2.07. The van der Waals surface area contributed by atoms with Crippen molar-refractivity contribution in [2.45, 2.75) is 11.8 Å². The highest BCUT2D eigenvalue weighted by molar-refractivity contribution is 7.98. The van der Waals surface area contributed by atoms with E-state index in [0.29, 0.717) is 5.75 Å². The zero-order valence-corrected chi connectivity index (χ0v) is 11.7. The maximum absolute atomic E-state index is 11.0. The number of nitro groups is 1. The second kappa shape index (κ2) is 5.74. The van der Waals surface area contributed by atoms with Crippen LogP contribution >= 0.6 is 11.8 Å². The second-order valence-corrected chi connectivity index (χ2v) is 4.74. The van der Waals surface area contributed by atoms with E-state index in [0.717, 1.165) is 4.90 Å². The molecule has 0 amide bonds. The summed E-state index contributed by atoms with van der Waals surface area (Å²) in [6, 6.07) is 7.12. The van der Waals surface area contributed by atoms with Crippen LogP contribution in [-0.4, -0.2) is 21.1 Å². The van der Waals surface area contributed by atoms with E-state index in [1.165, 1.54) is 6.92 Å². The van der Waals surface area contributed by atoms with E-state index < -0.39 is 4.92 Å². The van der Waals surface area contributed by atoms with Gasteiger partial charge in [0.25, 0.3) is 0 Å². The van der Waals surface area contributed by atoms with Crippen molar-refractivity contribution >= 4 is 23.4 Å². The van der Waals surface area contributed by atoms with Gasteiger partial charge < -0.3 is 10.5 Å². The first-order chi connectivity index (χ1) is 9.51. The van der Waals surface area contributed by atoms with E-state index in [1.807, 2.05) is 18.4 Å². The maximum atomic E-state index is 11.0. The number of aryl methyl sites for hydroxylation is 1. The summed E-state index contributed by atoms with van der Waals surface area (Å²) >= 11 is 1.59. The molecule has 0 atom stereocenters. The lowest BCUT2D eigenvalue weighted by atomic mass is 10.3. The quantitative estimate of drug-likeness (QED) is 0.524. The van der Waals surface area contributed by atoms with Crippen LogP contribution in [0.5, 0.6) is 11.6 Å². The van der Waals surface area contributed by atoms with Crippen LogP contribution in [0.2, 0.25) is 0 Å². The van der Waals surface area contributed by atoms with Crippen molar-refractivity contribution in [1.29, 1.82) is 0 Å². The van der Waals surface area contributed by atoms with Crippen LogP contribution in [0.4, 0.5) is 11.6 Å². The van der Waals surface area contributed by atoms with Crippen molar-refractivity contribution in [2.75, 3.05) is 12.0 Å². The second-order valence-electron chi connectivity index (χ2n) is 3.86. The number of nitrogens with zero attached hydrogens (tertiary/aromatic N) is 3. The molecule has 104 valence electrons. The molecule has 0 unspecified atom stereocenters. The number of benzene rings is 1. The molecular formula is C12H12N4O3S. The number of nitrogen functional groups attached to an aromatic ring is 1. The van der Waals surface area contributed by atoms with Gasteiger partial charge in [-0.2, -0.15) is 4.98 Å². The van der Waals surface area contributed by atoms with Crippen LogP contribution in [0, 0.1) is 17.0 Å². The average Bonchev–Trinajstić information content (AvgIpc) is 2.38. The molecule has 0 fully saturated rings. The molecule has 8 heteroatoms. The van der Waals surface area contributed by atoms with Crippen LogP contribution in [0.15, 0.2) is 29.2 Å². The number of hydrogen-bond donors (Lipinski definition) is 1. The van der Waals surface area contributed by atoms with Crippen molar-refractivity contribution in [3.8, 4) is 11.6 Å². The SMILES string of the molecule is CSc1ccc(Oc2nc(N)nc(C)c2[N+](=O)[O-])cc1. The van der Waals surface area contributed by atoms with Gasteiger partial charge in [-0.05, 0) is 37.4 Å². The summed E-state index contributed by atoms with van der Waals surface area (Å²) in [5.41, 5.74) is 5.38. The van der Waals surface area contributed by atoms with Crippen LogP contribution in [-0.2, 0) is 0 Å². The summed E-state index contributed by atoms with van der Waals surface area (Å²) in [5, 5.41) is 11.0. The van der Waals surface area contributed by atoms with Gasteiger partial charge in [-0.25, -0.2) is 4.98 Å². The minimum Gasteiger partial charge on any atom is -0.434 e. The van der Waals surface area contributed by atoms with Gasteiger partial charge in [0.2, 0.25) is 5.95 Å². The number of rotatable bonds is 4. The first kappa shape index (κ1) is 14.1. The van der Waals surface area contributed by atoms with E-state index in [9.17, 15) is 10.1 Å². The summed E-state index contributed by atoms with van der Waals surface area (Å²) in [4.78, 5) is 19.1. The van der Waals surface area contributed by atoms with Gasteiger partial charge in [0.15, 0.2) is 0 Å². The molecule has 0 spiro atoms. The highest BCUT2D eigenvalue weighted by atomic mass is 32.2. The van der Waals surface area contributed by atoms with Gasteiger partial charge in [0.05, 0.1) is 4.92 Å². The number of hydrogen-bond acceptors (Lipinski definition) is 7. The summed E-state index contributed by atoms with van der Waals surface area (Å²) in [6.07, 6.45) is 1.95. The molecule has 0 saturated heterocycles. The van der Waals surface area contributed by atoms with Gasteiger partial charge in [0.1, 0.15) is 11.4 Å². The zero-order chi connectivity index (χ0) is 14.7. The average molecular weight is 292 g/mol. The fourth-order valence-corrected chi connectivity index (χ4v) is 2.01. The minimum absolute atomic E-state index is 0.0659. The molecule has 2 N–H and O–H groups in total. The Bertz CT molecular complexity index is 646. The third-order valence-electron chi connectivity index (χ3n) is 2.50. The molecule has 1 aromatic carbocycles. The van der Waals surface area contributed by atoms with Crippen molar-refractivity contribution in [1.82, 2.24) is 9.97 Å². The molecule has 7 nitrogen and oxygen atoms in total. The molecule has 2 rings (SSSR count). The summed E-state index contributed by atoms with van der Waals surface area (Å²) in [6.45, 7) is 1.49. The highest BCUT2D eigenvalue weighted by Gasteiger charge is 2.23. The summed E-state index contributed by atoms with van der Waals surface area (Å²) < 4.78 is 5.45. The van der Waals surface area contributed by atoms with Crippen molar-refractivity contribution in [3.63, 3.8) is 0 Å². The van der Waals surface area contributed by atoms with Crippen LogP contribution < -0.4 is 10.5 Å².